The molecule has 62 heavy (non-hydrogen) atoms. The summed E-state index contributed by atoms with van der Waals surface area (Å²) in [7, 11) is 3.02. The van der Waals surface area contributed by atoms with Crippen LogP contribution in [0.15, 0.2) is 94.4 Å². The fourth-order valence-electron chi connectivity index (χ4n) is 8.17. The SMILES string of the molecule is COCCN1/C(=C/C=C/C=C/C=C/C2=[N+](CCCCCC(=O)O)c3ccc(S(=O)OC)cc3C2(C)CCCS(=O)OC)C(C)(CCCS(=O)OC)c2cc(S(=O)(=O)OC)ccc21. The van der Waals surface area contributed by atoms with E-state index in [-0.39, 0.29) is 11.3 Å². The number of carbonyl (C=O) groups is 1. The maximum atomic E-state index is 12.8. The molecule has 0 bridgehead atoms. The summed E-state index contributed by atoms with van der Waals surface area (Å²) >= 11 is -4.53. The minimum absolute atomic E-state index is 0.0510. The Morgan fingerprint density at radius 2 is 1.45 bits per heavy atom. The number of fused-ring (bicyclic) bond motifs is 2. The van der Waals surface area contributed by atoms with E-state index < -0.39 is 60.2 Å². The van der Waals surface area contributed by atoms with Crippen molar-refractivity contribution in [3.8, 4) is 0 Å². The Hall–Kier alpha value is -3.46. The fraction of sp³-hybridized carbons (Fsp3) is 0.500. The molecule has 14 nitrogen and oxygen atoms in total. The van der Waals surface area contributed by atoms with Gasteiger partial charge in [0.05, 0.1) is 50.3 Å². The van der Waals surface area contributed by atoms with Crippen LogP contribution in [0, 0.1) is 0 Å². The molecule has 2 aromatic rings. The van der Waals surface area contributed by atoms with E-state index in [9.17, 15) is 30.9 Å². The molecule has 2 aliphatic heterocycles. The van der Waals surface area contributed by atoms with Crippen LogP contribution in [0.3, 0.4) is 0 Å². The molecule has 5 atom stereocenters. The van der Waals surface area contributed by atoms with E-state index in [0.29, 0.717) is 68.2 Å². The summed E-state index contributed by atoms with van der Waals surface area (Å²) in [5.74, 6) is -0.149. The second-order valence-electron chi connectivity index (χ2n) is 15.2. The van der Waals surface area contributed by atoms with Crippen LogP contribution < -0.4 is 4.90 Å². The van der Waals surface area contributed by atoms with Gasteiger partial charge in [0.15, 0.2) is 39.0 Å². The number of unbranched alkanes of at least 4 members (excludes halogenated alkanes) is 2. The normalized spacial score (nSPS) is 21.1. The summed E-state index contributed by atoms with van der Waals surface area (Å²) in [4.78, 5) is 13.9. The number of carboxylic acid groups (broad SMARTS) is 1. The zero-order valence-corrected chi connectivity index (χ0v) is 39.9. The summed E-state index contributed by atoms with van der Waals surface area (Å²) in [6.45, 7) is 5.76. The van der Waals surface area contributed by atoms with Gasteiger partial charge in [-0.1, -0.05) is 30.4 Å². The van der Waals surface area contributed by atoms with Crippen LogP contribution in [0.2, 0.25) is 0 Å². The number of nitrogens with zero attached hydrogens (tertiary/aromatic N) is 2. The van der Waals surface area contributed by atoms with Crippen LogP contribution in [0.1, 0.15) is 76.3 Å². The number of anilines is 1. The third-order valence-corrected chi connectivity index (χ3v) is 15.6. The topological polar surface area (TPSA) is 175 Å². The summed E-state index contributed by atoms with van der Waals surface area (Å²) < 4.78 is 90.7. The summed E-state index contributed by atoms with van der Waals surface area (Å²) in [6, 6.07) is 10.7. The Morgan fingerprint density at radius 3 is 2.08 bits per heavy atom. The molecule has 0 fully saturated rings. The van der Waals surface area contributed by atoms with E-state index in [2.05, 4.69) is 29.4 Å². The van der Waals surface area contributed by atoms with Gasteiger partial charge < -0.3 is 14.7 Å². The van der Waals surface area contributed by atoms with E-state index in [4.69, 9.17) is 21.5 Å². The third-order valence-electron chi connectivity index (χ3n) is 11.4. The average molecular weight is 938 g/mol. The number of hydrogen-bond acceptors (Lipinski definition) is 12. The van der Waals surface area contributed by atoms with Crippen LogP contribution in [-0.2, 0) is 80.5 Å². The number of allylic oxidation sites excluding steroid dienone is 8. The molecule has 0 amide bonds. The molecule has 2 aromatic carbocycles. The Balaban J connectivity index is 1.72. The molecule has 1 N–H and O–H groups in total. The van der Waals surface area contributed by atoms with Crippen LogP contribution >= 0.6 is 0 Å². The quantitative estimate of drug-likeness (QED) is 0.0427. The first-order chi connectivity index (χ1) is 29.6. The Labute approximate surface area is 374 Å². The second-order valence-corrected chi connectivity index (χ2v) is 20.9. The second kappa shape index (κ2) is 24.0. The lowest BCUT2D eigenvalue weighted by Crippen LogP contribution is -2.32. The molecule has 5 unspecified atom stereocenters. The van der Waals surface area contributed by atoms with E-state index in [1.165, 1.54) is 27.4 Å². The van der Waals surface area contributed by atoms with E-state index in [1.54, 1.807) is 25.3 Å². The van der Waals surface area contributed by atoms with Gasteiger partial charge in [0.1, 0.15) is 6.54 Å². The predicted molar refractivity (Wildman–Crippen MR) is 244 cm³/mol. The minimum Gasteiger partial charge on any atom is -0.481 e. The van der Waals surface area contributed by atoms with Crippen LogP contribution in [0.4, 0.5) is 11.4 Å². The lowest BCUT2D eigenvalue weighted by atomic mass is 9.76. The monoisotopic (exact) mass is 937 g/mol. The lowest BCUT2D eigenvalue weighted by Gasteiger charge is -2.30. The average Bonchev–Trinajstić information content (AvgIpc) is 3.63. The van der Waals surface area contributed by atoms with Crippen molar-refractivity contribution in [1.82, 2.24) is 0 Å². The first-order valence-corrected chi connectivity index (χ1v) is 25.4. The Bertz CT molecular complexity index is 2240. The van der Waals surface area contributed by atoms with Crippen LogP contribution in [0.25, 0.3) is 0 Å². The molecule has 0 aromatic heterocycles. The molecular weight excluding hydrogens is 877 g/mol. The van der Waals surface area contributed by atoms with Crippen molar-refractivity contribution in [1.29, 1.82) is 0 Å². The van der Waals surface area contributed by atoms with E-state index >= 15 is 0 Å². The number of aliphatic carboxylic acids is 1. The largest absolute Gasteiger partial charge is 0.481 e. The highest BCUT2D eigenvalue weighted by Gasteiger charge is 2.48. The van der Waals surface area contributed by atoms with Gasteiger partial charge in [-0.05, 0) is 94.3 Å². The maximum absolute atomic E-state index is 12.8. The molecule has 18 heteroatoms. The minimum atomic E-state index is -3.97. The van der Waals surface area contributed by atoms with E-state index in [0.717, 1.165) is 53.9 Å². The summed E-state index contributed by atoms with van der Waals surface area (Å²) in [6.07, 6.45) is 18.2. The standard InChI is InChI=1S/C44H60N2O12S4/c1-43(25-16-30-59(49)55-4)36-32-34(61(51)57-6)21-23-38(36)45(27-15-11-14-20-42(47)48)40(43)18-12-9-8-10-13-19-41-44(2,26-17-31-60(50)56-5)37-33-35(62(52,53)58-7)22-24-39(37)46(41)28-29-54-3/h8-10,12-13,18-19,21-24,32-33H,11,14-17,20,25-31H2,1-7H3/p+1. The molecule has 0 saturated heterocycles. The van der Waals surface area contributed by atoms with Crippen molar-refractivity contribution in [3.63, 3.8) is 0 Å². The molecule has 0 saturated carbocycles. The molecule has 0 spiro atoms. The van der Waals surface area contributed by atoms with Gasteiger partial charge >= 0.3 is 5.97 Å². The van der Waals surface area contributed by atoms with Gasteiger partial charge in [-0.2, -0.15) is 13.0 Å². The van der Waals surface area contributed by atoms with Gasteiger partial charge in [0.25, 0.3) is 10.1 Å². The van der Waals surface area contributed by atoms with Crippen molar-refractivity contribution < 1.29 is 57.0 Å². The van der Waals surface area contributed by atoms with Crippen molar-refractivity contribution in [2.75, 3.05) is 71.7 Å². The van der Waals surface area contributed by atoms with Gasteiger partial charge in [-0.25, -0.2) is 12.6 Å². The fourth-order valence-corrected chi connectivity index (χ4v) is 10.5. The highest BCUT2D eigenvalue weighted by Crippen LogP contribution is 2.51. The van der Waals surface area contributed by atoms with Crippen LogP contribution in [0.5, 0.6) is 0 Å². The molecule has 2 aliphatic rings. The third kappa shape index (κ3) is 12.6. The number of hydrogen-bond donors (Lipinski definition) is 1. The molecule has 342 valence electrons. The van der Waals surface area contributed by atoms with Gasteiger partial charge in [0, 0.05) is 72.5 Å². The zero-order valence-electron chi connectivity index (χ0n) is 36.7. The molecule has 2 heterocycles. The number of methoxy groups -OCH3 is 1. The predicted octanol–water partition coefficient (Wildman–Crippen LogP) is 6.85. The molecule has 4 rings (SSSR count). The number of carboxylic acids is 1. The highest BCUT2D eigenvalue weighted by molar-refractivity contribution is 7.86. The summed E-state index contributed by atoms with van der Waals surface area (Å²) in [5.41, 5.74) is 4.32. The Kier molecular flexibility index (Phi) is 19.8. The lowest BCUT2D eigenvalue weighted by molar-refractivity contribution is -0.438. The smallest absolute Gasteiger partial charge is 0.303 e. The van der Waals surface area contributed by atoms with Crippen LogP contribution in [-0.4, -0.2) is 109 Å². The number of rotatable bonds is 27. The maximum Gasteiger partial charge on any atom is 0.303 e. The highest BCUT2D eigenvalue weighted by atomic mass is 32.2. The molecule has 0 aliphatic carbocycles. The first-order valence-electron chi connectivity index (χ1n) is 20.4. The number of benzene rings is 2. The Morgan fingerprint density at radius 1 is 0.790 bits per heavy atom. The van der Waals surface area contributed by atoms with E-state index in [1.807, 2.05) is 48.6 Å². The number of ether oxygens (including phenoxy) is 1. The van der Waals surface area contributed by atoms with Gasteiger partial charge in [-0.3, -0.25) is 21.5 Å². The van der Waals surface area contributed by atoms with Gasteiger partial charge in [-0.15, -0.1) is 0 Å². The van der Waals surface area contributed by atoms with Crippen molar-refractivity contribution in [2.45, 2.75) is 85.8 Å². The summed E-state index contributed by atoms with van der Waals surface area (Å²) in [5, 5.41) is 9.18. The molecular formula is C44H61N2O12S4+. The first kappa shape index (κ1) is 51.2. The zero-order chi connectivity index (χ0) is 45.5. The van der Waals surface area contributed by atoms with Gasteiger partial charge in [0.2, 0.25) is 5.69 Å². The molecule has 0 radical (unpaired) electrons. The van der Waals surface area contributed by atoms with Crippen molar-refractivity contribution >= 4 is 66.4 Å². The van der Waals surface area contributed by atoms with Crippen molar-refractivity contribution in [2.24, 2.45) is 0 Å². The van der Waals surface area contributed by atoms with Crippen molar-refractivity contribution in [3.05, 3.63) is 95.8 Å².